The van der Waals surface area contributed by atoms with Gasteiger partial charge in [0.25, 0.3) is 11.8 Å². The molecule has 3 rings (SSSR count). The molecule has 1 aromatic heterocycles. The highest BCUT2D eigenvalue weighted by Gasteiger charge is 2.52. The van der Waals surface area contributed by atoms with Gasteiger partial charge in [0.2, 0.25) is 23.5 Å². The van der Waals surface area contributed by atoms with Crippen LogP contribution in [0.1, 0.15) is 111 Å². The van der Waals surface area contributed by atoms with Crippen LogP contribution in [0.15, 0.2) is 18.6 Å². The normalized spacial score (nSPS) is 21.7. The molecule has 266 valence electrons. The fourth-order valence-corrected chi connectivity index (χ4v) is 6.57. The second kappa shape index (κ2) is 16.0. The van der Waals surface area contributed by atoms with Crippen LogP contribution in [0.4, 0.5) is 0 Å². The SMILES string of the molecule is CCC[C@H](NC(=O)[C@@H]1[C@H]2CCCC2CN1C(=O)[C@@H](NC(=O)[C@@H](NC(=O)c1cnccn1)C(C)(C)C)C(C)(C)C)C(=O)C(=O)N[C@@H](C)CC. The Balaban J connectivity index is 1.87. The molecule has 5 amide bonds. The molecule has 1 aromatic rings. The average molecular weight is 670 g/mol. The molecule has 7 atom stereocenters. The molecular weight excluding hydrogens is 614 g/mol. The molecule has 0 spiro atoms. The summed E-state index contributed by atoms with van der Waals surface area (Å²) in [4.78, 5) is 90.8. The molecule has 0 radical (unpaired) electrons. The van der Waals surface area contributed by atoms with Crippen molar-refractivity contribution in [2.75, 3.05) is 6.54 Å². The quantitative estimate of drug-likeness (QED) is 0.231. The van der Waals surface area contributed by atoms with Crippen molar-refractivity contribution in [2.45, 2.75) is 131 Å². The number of Topliss-reactive ketones (excluding diaryl/α,β-unsaturated/α-hetero) is 1. The van der Waals surface area contributed by atoms with E-state index in [1.165, 1.54) is 18.6 Å². The Morgan fingerprint density at radius 2 is 1.56 bits per heavy atom. The van der Waals surface area contributed by atoms with Crippen LogP contribution in [-0.4, -0.2) is 86.9 Å². The summed E-state index contributed by atoms with van der Waals surface area (Å²) in [5.41, 5.74) is -1.45. The molecule has 13 nitrogen and oxygen atoms in total. The van der Waals surface area contributed by atoms with E-state index in [4.69, 9.17) is 0 Å². The highest BCUT2D eigenvalue weighted by Crippen LogP contribution is 2.43. The summed E-state index contributed by atoms with van der Waals surface area (Å²) in [6.45, 7) is 16.8. The van der Waals surface area contributed by atoms with E-state index in [0.29, 0.717) is 19.4 Å². The molecule has 13 heteroatoms. The maximum Gasteiger partial charge on any atom is 0.289 e. The molecule has 2 heterocycles. The van der Waals surface area contributed by atoms with Gasteiger partial charge < -0.3 is 26.2 Å². The number of nitrogens with zero attached hydrogens (tertiary/aromatic N) is 3. The van der Waals surface area contributed by atoms with E-state index in [1.54, 1.807) is 32.6 Å². The number of aromatic nitrogens is 2. The van der Waals surface area contributed by atoms with E-state index >= 15 is 0 Å². The van der Waals surface area contributed by atoms with Gasteiger partial charge in [-0.3, -0.25) is 33.8 Å². The molecular formula is C35H55N7O6. The van der Waals surface area contributed by atoms with Crippen molar-refractivity contribution in [1.82, 2.24) is 36.1 Å². The fourth-order valence-electron chi connectivity index (χ4n) is 6.57. The number of hydrogen-bond donors (Lipinski definition) is 4. The van der Waals surface area contributed by atoms with Crippen LogP contribution in [0, 0.1) is 22.7 Å². The first kappa shape index (κ1) is 38.5. The minimum absolute atomic E-state index is 0.0534. The summed E-state index contributed by atoms with van der Waals surface area (Å²) in [6.07, 6.45) is 8.17. The number of likely N-dealkylation sites (tertiary alicyclic amines) is 1. The number of nitrogens with one attached hydrogen (secondary N) is 4. The van der Waals surface area contributed by atoms with Crippen LogP contribution >= 0.6 is 0 Å². The fraction of sp³-hybridized carbons (Fsp3) is 0.714. The number of rotatable bonds is 13. The topological polar surface area (TPSA) is 180 Å². The summed E-state index contributed by atoms with van der Waals surface area (Å²) in [5.74, 6) is -3.45. The van der Waals surface area contributed by atoms with Crippen LogP contribution in [0.5, 0.6) is 0 Å². The Labute approximate surface area is 284 Å². The number of fused-ring (bicyclic) bond motifs is 1. The zero-order valence-corrected chi connectivity index (χ0v) is 30.0. The lowest BCUT2D eigenvalue weighted by Gasteiger charge is -2.38. The van der Waals surface area contributed by atoms with Gasteiger partial charge in [-0.15, -0.1) is 0 Å². The molecule has 1 aliphatic carbocycles. The third kappa shape index (κ3) is 9.37. The predicted molar refractivity (Wildman–Crippen MR) is 180 cm³/mol. The lowest BCUT2D eigenvalue weighted by atomic mass is 9.82. The third-order valence-corrected chi connectivity index (χ3v) is 9.47. The van der Waals surface area contributed by atoms with Gasteiger partial charge in [-0.25, -0.2) is 4.98 Å². The van der Waals surface area contributed by atoms with Crippen LogP contribution in [0.25, 0.3) is 0 Å². The smallest absolute Gasteiger partial charge is 0.289 e. The van der Waals surface area contributed by atoms with Gasteiger partial charge in [0.15, 0.2) is 0 Å². The van der Waals surface area contributed by atoms with Gasteiger partial charge in [-0.2, -0.15) is 0 Å². The Morgan fingerprint density at radius 3 is 2.12 bits per heavy atom. The van der Waals surface area contributed by atoms with E-state index < -0.39 is 70.3 Å². The number of ketones is 1. The monoisotopic (exact) mass is 669 g/mol. The molecule has 0 bridgehead atoms. The Morgan fingerprint density at radius 1 is 0.896 bits per heavy atom. The van der Waals surface area contributed by atoms with E-state index in [-0.39, 0.29) is 30.0 Å². The molecule has 1 saturated heterocycles. The van der Waals surface area contributed by atoms with Gasteiger partial charge in [0.1, 0.15) is 23.8 Å². The zero-order valence-electron chi connectivity index (χ0n) is 30.0. The number of carbonyl (C=O) groups is 6. The lowest BCUT2D eigenvalue weighted by molar-refractivity contribution is -0.146. The lowest BCUT2D eigenvalue weighted by Crippen LogP contribution is -2.63. The van der Waals surface area contributed by atoms with Gasteiger partial charge in [0.05, 0.1) is 12.2 Å². The molecule has 1 unspecified atom stereocenters. The second-order valence-electron chi connectivity index (χ2n) is 15.5. The van der Waals surface area contributed by atoms with Crippen molar-refractivity contribution in [3.63, 3.8) is 0 Å². The third-order valence-electron chi connectivity index (χ3n) is 9.47. The standard InChI is InChI=1S/C35H55N7O6/c1-10-13-23(26(43)31(46)38-20(3)11-2)39-30(45)25-22-15-12-14-21(22)19-42(25)33(48)28(35(7,8)9)41-32(47)27(34(4,5)6)40-29(44)24-18-36-16-17-37-24/h16-18,20-23,25,27-28H,10-15,19H2,1-9H3,(H,38,46)(H,39,45)(H,40,44)(H,41,47)/t20-,21?,22-,23-,25-,27+,28+/m0/s1. The van der Waals surface area contributed by atoms with Gasteiger partial charge >= 0.3 is 0 Å². The van der Waals surface area contributed by atoms with Crippen molar-refractivity contribution in [1.29, 1.82) is 0 Å². The van der Waals surface area contributed by atoms with Gasteiger partial charge in [-0.05, 0) is 55.3 Å². The Hall–Kier alpha value is -3.90. The maximum absolute atomic E-state index is 14.5. The molecule has 0 aromatic carbocycles. The Bertz CT molecular complexity index is 1340. The molecule has 1 aliphatic heterocycles. The zero-order chi connectivity index (χ0) is 36.0. The highest BCUT2D eigenvalue weighted by molar-refractivity contribution is 6.38. The Kier molecular flexibility index (Phi) is 12.8. The number of carbonyl (C=O) groups excluding carboxylic acids is 6. The van der Waals surface area contributed by atoms with E-state index in [9.17, 15) is 28.8 Å². The van der Waals surface area contributed by atoms with Gasteiger partial charge in [-0.1, -0.05) is 68.2 Å². The molecule has 4 N–H and O–H groups in total. The summed E-state index contributed by atoms with van der Waals surface area (Å²) >= 11 is 0. The van der Waals surface area contributed by atoms with E-state index in [2.05, 4.69) is 31.2 Å². The van der Waals surface area contributed by atoms with Crippen molar-refractivity contribution >= 4 is 35.3 Å². The summed E-state index contributed by atoms with van der Waals surface area (Å²) in [7, 11) is 0. The van der Waals surface area contributed by atoms with Crippen LogP contribution in [0.2, 0.25) is 0 Å². The minimum atomic E-state index is -1.04. The van der Waals surface area contributed by atoms with Crippen molar-refractivity contribution < 1.29 is 28.8 Å². The van der Waals surface area contributed by atoms with Crippen molar-refractivity contribution in [3.8, 4) is 0 Å². The molecule has 48 heavy (non-hydrogen) atoms. The summed E-state index contributed by atoms with van der Waals surface area (Å²) in [6, 6.07) is -4.13. The number of hydrogen-bond acceptors (Lipinski definition) is 8. The first-order chi connectivity index (χ1) is 22.4. The van der Waals surface area contributed by atoms with Crippen molar-refractivity contribution in [3.05, 3.63) is 24.3 Å². The molecule has 1 saturated carbocycles. The molecule has 2 aliphatic rings. The van der Waals surface area contributed by atoms with E-state index in [0.717, 1.165) is 19.3 Å². The summed E-state index contributed by atoms with van der Waals surface area (Å²) < 4.78 is 0. The predicted octanol–water partition coefficient (Wildman–Crippen LogP) is 2.55. The second-order valence-corrected chi connectivity index (χ2v) is 15.5. The molecule has 2 fully saturated rings. The van der Waals surface area contributed by atoms with Gasteiger partial charge in [0, 0.05) is 25.0 Å². The maximum atomic E-state index is 14.5. The largest absolute Gasteiger partial charge is 0.347 e. The average Bonchev–Trinajstić information content (AvgIpc) is 3.62. The minimum Gasteiger partial charge on any atom is -0.347 e. The van der Waals surface area contributed by atoms with Crippen molar-refractivity contribution in [2.24, 2.45) is 22.7 Å². The number of amides is 5. The highest BCUT2D eigenvalue weighted by atomic mass is 16.2. The first-order valence-corrected chi connectivity index (χ1v) is 17.2. The van der Waals surface area contributed by atoms with E-state index in [1.807, 2.05) is 34.6 Å². The van der Waals surface area contributed by atoms with Crippen LogP contribution in [0.3, 0.4) is 0 Å². The first-order valence-electron chi connectivity index (χ1n) is 17.2. The summed E-state index contributed by atoms with van der Waals surface area (Å²) in [5, 5.41) is 11.2. The van der Waals surface area contributed by atoms with Crippen LogP contribution < -0.4 is 21.3 Å². The van der Waals surface area contributed by atoms with Crippen LogP contribution in [-0.2, 0) is 24.0 Å².